The third-order valence-corrected chi connectivity index (χ3v) is 3.50. The Morgan fingerprint density at radius 3 is 2.89 bits per heavy atom. The summed E-state index contributed by atoms with van der Waals surface area (Å²) in [6.45, 7) is 1.89. The van der Waals surface area contributed by atoms with Crippen LogP contribution in [0, 0.1) is 6.92 Å². The van der Waals surface area contributed by atoms with Crippen LogP contribution in [0.15, 0.2) is 29.2 Å². The first-order valence-corrected chi connectivity index (χ1v) is 6.38. The normalized spacial score (nSPS) is 10.6. The second-order valence-corrected chi connectivity index (χ2v) is 4.84. The number of pyridine rings is 1. The van der Waals surface area contributed by atoms with Gasteiger partial charge in [-0.25, -0.2) is 0 Å². The van der Waals surface area contributed by atoms with Gasteiger partial charge in [0.15, 0.2) is 0 Å². The summed E-state index contributed by atoms with van der Waals surface area (Å²) in [5, 5.41) is 9.69. The number of carboxylic acids is 1. The van der Waals surface area contributed by atoms with Crippen LogP contribution in [-0.2, 0) is 4.79 Å². The first-order valence-electron chi connectivity index (χ1n) is 5.40. The number of hydrogen-bond donors (Lipinski definition) is 1. The minimum absolute atomic E-state index is 0.0462. The Hall–Kier alpha value is -1.75. The highest BCUT2D eigenvalue weighted by Gasteiger charge is 2.07. The van der Waals surface area contributed by atoms with E-state index in [1.54, 1.807) is 7.11 Å². The second kappa shape index (κ2) is 5.27. The van der Waals surface area contributed by atoms with Gasteiger partial charge in [0.2, 0.25) is 0 Å². The van der Waals surface area contributed by atoms with Crippen molar-refractivity contribution < 1.29 is 14.6 Å². The van der Waals surface area contributed by atoms with Gasteiger partial charge >= 0.3 is 5.97 Å². The fourth-order valence-electron chi connectivity index (χ4n) is 1.69. The lowest BCUT2D eigenvalue weighted by Gasteiger charge is -2.08. The molecule has 1 aromatic heterocycles. The number of ether oxygens (including phenoxy) is 1. The molecule has 1 N–H and O–H groups in total. The van der Waals surface area contributed by atoms with Gasteiger partial charge in [-0.15, -0.1) is 11.8 Å². The molecular weight excluding hydrogens is 250 g/mol. The number of carboxylic acid groups (broad SMARTS) is 1. The summed E-state index contributed by atoms with van der Waals surface area (Å²) >= 11 is 1.31. The van der Waals surface area contributed by atoms with E-state index in [1.807, 2.05) is 31.2 Å². The molecule has 0 spiro atoms. The molecule has 0 unspecified atom stereocenters. The van der Waals surface area contributed by atoms with Crippen LogP contribution >= 0.6 is 11.8 Å². The van der Waals surface area contributed by atoms with E-state index in [4.69, 9.17) is 9.84 Å². The minimum atomic E-state index is -0.823. The fourth-order valence-corrected chi connectivity index (χ4v) is 2.55. The maximum absolute atomic E-state index is 10.6. The van der Waals surface area contributed by atoms with E-state index in [-0.39, 0.29) is 5.75 Å². The van der Waals surface area contributed by atoms with E-state index in [1.165, 1.54) is 11.8 Å². The van der Waals surface area contributed by atoms with Gasteiger partial charge in [-0.1, -0.05) is 0 Å². The van der Waals surface area contributed by atoms with Crippen LogP contribution in [0.1, 0.15) is 5.69 Å². The first kappa shape index (κ1) is 12.7. The molecular formula is C13H13NO3S. The molecule has 1 aromatic carbocycles. The van der Waals surface area contributed by atoms with E-state index in [2.05, 4.69) is 4.98 Å². The van der Waals surface area contributed by atoms with Gasteiger partial charge in [-0.2, -0.15) is 0 Å². The van der Waals surface area contributed by atoms with Crippen LogP contribution in [0.4, 0.5) is 0 Å². The molecule has 0 bridgehead atoms. The second-order valence-electron chi connectivity index (χ2n) is 3.83. The maximum atomic E-state index is 10.6. The van der Waals surface area contributed by atoms with E-state index in [0.717, 1.165) is 27.2 Å². The Balaban J connectivity index is 2.48. The first-order chi connectivity index (χ1) is 8.60. The molecule has 0 atom stereocenters. The van der Waals surface area contributed by atoms with Crippen molar-refractivity contribution in [1.29, 1.82) is 0 Å². The summed E-state index contributed by atoms with van der Waals surface area (Å²) in [4.78, 5) is 16.0. The van der Waals surface area contributed by atoms with Gasteiger partial charge < -0.3 is 9.84 Å². The van der Waals surface area contributed by atoms with Gasteiger partial charge in [0.05, 0.1) is 18.4 Å². The van der Waals surface area contributed by atoms with E-state index in [9.17, 15) is 4.79 Å². The third kappa shape index (κ3) is 2.73. The molecule has 0 radical (unpaired) electrons. The van der Waals surface area contributed by atoms with Gasteiger partial charge in [0.1, 0.15) is 5.75 Å². The number of aromatic nitrogens is 1. The fraction of sp³-hybridized carbons (Fsp3) is 0.231. The van der Waals surface area contributed by atoms with Crippen LogP contribution < -0.4 is 4.74 Å². The highest BCUT2D eigenvalue weighted by atomic mass is 32.2. The lowest BCUT2D eigenvalue weighted by atomic mass is 10.2. The highest BCUT2D eigenvalue weighted by Crippen LogP contribution is 2.29. The number of hydrogen-bond acceptors (Lipinski definition) is 4. The van der Waals surface area contributed by atoms with Crippen molar-refractivity contribution in [3.05, 3.63) is 30.0 Å². The summed E-state index contributed by atoms with van der Waals surface area (Å²) in [5.41, 5.74) is 1.69. The number of nitrogens with zero attached hydrogens (tertiary/aromatic N) is 1. The van der Waals surface area contributed by atoms with Crippen molar-refractivity contribution in [2.75, 3.05) is 12.9 Å². The summed E-state index contributed by atoms with van der Waals surface area (Å²) in [7, 11) is 1.61. The summed E-state index contributed by atoms with van der Waals surface area (Å²) in [6.07, 6.45) is 0. The molecule has 2 rings (SSSR count). The topological polar surface area (TPSA) is 59.4 Å². The van der Waals surface area contributed by atoms with Gasteiger partial charge in [-0.05, 0) is 25.1 Å². The zero-order valence-electron chi connectivity index (χ0n) is 10.1. The van der Waals surface area contributed by atoms with Gasteiger partial charge in [0, 0.05) is 22.0 Å². The van der Waals surface area contributed by atoms with Crippen LogP contribution in [0.5, 0.6) is 5.75 Å². The number of aliphatic carboxylic acids is 1. The molecule has 1 heterocycles. The van der Waals surface area contributed by atoms with Crippen molar-refractivity contribution in [3.63, 3.8) is 0 Å². The van der Waals surface area contributed by atoms with Crippen molar-refractivity contribution in [2.45, 2.75) is 11.8 Å². The lowest BCUT2D eigenvalue weighted by molar-refractivity contribution is -0.133. The number of thioether (sulfide) groups is 1. The summed E-state index contributed by atoms with van der Waals surface area (Å²) < 4.78 is 5.16. The molecule has 0 saturated heterocycles. The number of fused-ring (bicyclic) bond motifs is 1. The standard InChI is InChI=1S/C13H13NO3S/c1-8-5-12(18-7-13(15)16)10-4-3-9(17-2)6-11(10)14-8/h3-6H,7H2,1-2H3,(H,15,16). The van der Waals surface area contributed by atoms with E-state index < -0.39 is 5.97 Å². The molecule has 0 aliphatic rings. The lowest BCUT2D eigenvalue weighted by Crippen LogP contribution is -1.98. The Kier molecular flexibility index (Phi) is 3.72. The van der Waals surface area contributed by atoms with Crippen molar-refractivity contribution in [2.24, 2.45) is 0 Å². The Labute approximate surface area is 109 Å². The average Bonchev–Trinajstić information content (AvgIpc) is 2.34. The van der Waals surface area contributed by atoms with Crippen molar-refractivity contribution in [1.82, 2.24) is 4.98 Å². The Morgan fingerprint density at radius 1 is 1.44 bits per heavy atom. The van der Waals surface area contributed by atoms with E-state index >= 15 is 0 Å². The average molecular weight is 263 g/mol. The number of rotatable bonds is 4. The van der Waals surface area contributed by atoms with E-state index in [0.29, 0.717) is 0 Å². The van der Waals surface area contributed by atoms with Crippen molar-refractivity contribution >= 4 is 28.6 Å². The molecule has 94 valence electrons. The van der Waals surface area contributed by atoms with Crippen molar-refractivity contribution in [3.8, 4) is 5.75 Å². The number of benzene rings is 1. The third-order valence-electron chi connectivity index (χ3n) is 2.46. The Bertz CT molecular complexity index is 598. The molecule has 0 aliphatic heterocycles. The summed E-state index contributed by atoms with van der Waals surface area (Å²) in [6, 6.07) is 7.52. The quantitative estimate of drug-likeness (QED) is 0.859. The molecule has 2 aromatic rings. The smallest absolute Gasteiger partial charge is 0.313 e. The van der Waals surface area contributed by atoms with Crippen LogP contribution in [0.3, 0.4) is 0 Å². The maximum Gasteiger partial charge on any atom is 0.313 e. The Morgan fingerprint density at radius 2 is 2.22 bits per heavy atom. The molecule has 5 heteroatoms. The largest absolute Gasteiger partial charge is 0.497 e. The molecule has 18 heavy (non-hydrogen) atoms. The molecule has 0 fully saturated rings. The predicted molar refractivity (Wildman–Crippen MR) is 71.4 cm³/mol. The van der Waals surface area contributed by atoms with Crippen LogP contribution in [0.2, 0.25) is 0 Å². The van der Waals surface area contributed by atoms with Crippen LogP contribution in [-0.4, -0.2) is 28.9 Å². The summed E-state index contributed by atoms with van der Waals surface area (Å²) in [5.74, 6) is -0.0316. The van der Waals surface area contributed by atoms with Crippen LogP contribution in [0.25, 0.3) is 10.9 Å². The number of methoxy groups -OCH3 is 1. The number of carbonyl (C=O) groups is 1. The molecule has 0 amide bonds. The van der Waals surface area contributed by atoms with Gasteiger partial charge in [0.25, 0.3) is 0 Å². The number of aryl methyl sites for hydroxylation is 1. The molecule has 0 saturated carbocycles. The minimum Gasteiger partial charge on any atom is -0.497 e. The monoisotopic (exact) mass is 263 g/mol. The predicted octanol–water partition coefficient (Wildman–Crippen LogP) is 2.73. The molecule has 0 aliphatic carbocycles. The zero-order chi connectivity index (χ0) is 13.1. The molecule has 4 nitrogen and oxygen atoms in total. The SMILES string of the molecule is COc1ccc2c(SCC(=O)O)cc(C)nc2c1. The highest BCUT2D eigenvalue weighted by molar-refractivity contribution is 8.00. The van der Waals surface area contributed by atoms with Gasteiger partial charge in [-0.3, -0.25) is 9.78 Å². The zero-order valence-corrected chi connectivity index (χ0v) is 11.0.